The summed E-state index contributed by atoms with van der Waals surface area (Å²) in [7, 11) is 0. The number of carbonyl (C=O) groups is 2. The molecular formula is C29H25N3O5S2. The van der Waals surface area contributed by atoms with Crippen molar-refractivity contribution in [1.82, 2.24) is 9.55 Å². The van der Waals surface area contributed by atoms with Gasteiger partial charge in [-0.3, -0.25) is 14.2 Å². The molecule has 5 rings (SSSR count). The molecule has 0 unspecified atom stereocenters. The number of nitrogens with zero attached hydrogens (tertiary/aromatic N) is 2. The van der Waals surface area contributed by atoms with Crippen LogP contribution in [0.4, 0.5) is 5.00 Å². The predicted molar refractivity (Wildman–Crippen MR) is 155 cm³/mol. The number of fused-ring (bicyclic) bond motifs is 1. The van der Waals surface area contributed by atoms with Crippen LogP contribution in [0.15, 0.2) is 76.5 Å². The Morgan fingerprint density at radius 3 is 2.36 bits per heavy atom. The minimum absolute atomic E-state index is 0.203. The van der Waals surface area contributed by atoms with E-state index in [9.17, 15) is 14.4 Å². The van der Waals surface area contributed by atoms with Crippen molar-refractivity contribution in [1.29, 1.82) is 0 Å². The van der Waals surface area contributed by atoms with Crippen molar-refractivity contribution >= 4 is 49.8 Å². The van der Waals surface area contributed by atoms with E-state index in [1.54, 1.807) is 6.92 Å². The van der Waals surface area contributed by atoms with Crippen LogP contribution in [0.5, 0.6) is 5.75 Å². The number of aromatic nitrogens is 2. The number of rotatable bonds is 9. The van der Waals surface area contributed by atoms with Gasteiger partial charge in [-0.05, 0) is 37.1 Å². The number of benzene rings is 2. The van der Waals surface area contributed by atoms with E-state index in [0.717, 1.165) is 22.4 Å². The van der Waals surface area contributed by atoms with Crippen LogP contribution in [0.3, 0.4) is 0 Å². The van der Waals surface area contributed by atoms with Crippen LogP contribution in [-0.2, 0) is 16.1 Å². The minimum Gasteiger partial charge on any atom is -0.494 e. The number of hydrogen-bond donors (Lipinski definition) is 1. The van der Waals surface area contributed by atoms with Crippen LogP contribution in [0.25, 0.3) is 32.5 Å². The molecule has 0 atom stereocenters. The van der Waals surface area contributed by atoms with E-state index < -0.39 is 11.9 Å². The Hall–Kier alpha value is -4.28. The van der Waals surface area contributed by atoms with Gasteiger partial charge in [-0.1, -0.05) is 42.5 Å². The largest absolute Gasteiger partial charge is 0.494 e. The number of hydrogen-bond acceptors (Lipinski definition) is 8. The fourth-order valence-electron chi connectivity index (χ4n) is 4.20. The van der Waals surface area contributed by atoms with Gasteiger partial charge in [0.1, 0.15) is 27.7 Å². The Morgan fingerprint density at radius 1 is 0.923 bits per heavy atom. The lowest BCUT2D eigenvalue weighted by Crippen LogP contribution is -2.28. The zero-order valence-electron chi connectivity index (χ0n) is 21.3. The smallest absolute Gasteiger partial charge is 0.341 e. The molecule has 3 heterocycles. The van der Waals surface area contributed by atoms with E-state index in [1.165, 1.54) is 33.6 Å². The molecule has 0 aliphatic carbocycles. The second kappa shape index (κ2) is 11.6. The lowest BCUT2D eigenvalue weighted by atomic mass is 10.0. The summed E-state index contributed by atoms with van der Waals surface area (Å²) in [6, 6.07) is 16.9. The molecule has 0 saturated carbocycles. The highest BCUT2D eigenvalue weighted by atomic mass is 32.1. The highest BCUT2D eigenvalue weighted by molar-refractivity contribution is 7.17. The summed E-state index contributed by atoms with van der Waals surface area (Å²) in [5, 5.41) is 7.32. The zero-order chi connectivity index (χ0) is 27.4. The molecule has 1 amide bonds. The third-order valence-corrected chi connectivity index (χ3v) is 7.74. The quantitative estimate of drug-likeness (QED) is 0.220. The monoisotopic (exact) mass is 559 g/mol. The van der Waals surface area contributed by atoms with Crippen molar-refractivity contribution in [2.24, 2.45) is 0 Å². The summed E-state index contributed by atoms with van der Waals surface area (Å²) in [6.07, 6.45) is 1.37. The van der Waals surface area contributed by atoms with E-state index in [0.29, 0.717) is 27.4 Å². The van der Waals surface area contributed by atoms with E-state index in [-0.39, 0.29) is 24.3 Å². The second-order valence-corrected chi connectivity index (χ2v) is 10.2. The fourth-order valence-corrected chi connectivity index (χ4v) is 6.08. The van der Waals surface area contributed by atoms with Gasteiger partial charge in [0.05, 0.1) is 24.9 Å². The highest BCUT2D eigenvalue weighted by Crippen LogP contribution is 2.36. The standard InChI is InChI=1S/C29H25N3O5S2/c1-3-36-20-12-10-19(11-13-20)21-15-38-26-24(21)28(34)32(17-30-26)14-23(33)31-27-25(29(35)37-4-2)22(16-39-27)18-8-6-5-7-9-18/h5-13,15-17H,3-4,14H2,1-2H3,(H,31,33). The Kier molecular flexibility index (Phi) is 7.85. The van der Waals surface area contributed by atoms with E-state index in [2.05, 4.69) is 10.3 Å². The van der Waals surface area contributed by atoms with Crippen molar-refractivity contribution < 1.29 is 19.1 Å². The first kappa shape index (κ1) is 26.3. The summed E-state index contributed by atoms with van der Waals surface area (Å²) in [4.78, 5) is 44.4. The fraction of sp³-hybridized carbons (Fsp3) is 0.172. The second-order valence-electron chi connectivity index (χ2n) is 8.45. The van der Waals surface area contributed by atoms with Gasteiger partial charge in [0.25, 0.3) is 5.56 Å². The lowest BCUT2D eigenvalue weighted by Gasteiger charge is -2.10. The van der Waals surface area contributed by atoms with Gasteiger partial charge in [-0.2, -0.15) is 0 Å². The summed E-state index contributed by atoms with van der Waals surface area (Å²) in [5.74, 6) is -0.228. The number of esters is 1. The van der Waals surface area contributed by atoms with E-state index in [4.69, 9.17) is 9.47 Å². The third kappa shape index (κ3) is 5.47. The first-order valence-corrected chi connectivity index (χ1v) is 14.1. The molecule has 0 aliphatic heterocycles. The topological polar surface area (TPSA) is 99.5 Å². The van der Waals surface area contributed by atoms with Gasteiger partial charge in [0, 0.05) is 21.9 Å². The number of nitrogens with one attached hydrogen (secondary N) is 1. The van der Waals surface area contributed by atoms with Gasteiger partial charge >= 0.3 is 5.97 Å². The molecule has 0 radical (unpaired) electrons. The first-order chi connectivity index (χ1) is 19.0. The van der Waals surface area contributed by atoms with E-state index in [1.807, 2.05) is 72.3 Å². The van der Waals surface area contributed by atoms with Crippen LogP contribution >= 0.6 is 22.7 Å². The summed E-state index contributed by atoms with van der Waals surface area (Å²) in [5.41, 5.74) is 3.09. The van der Waals surface area contributed by atoms with Crippen molar-refractivity contribution in [2.45, 2.75) is 20.4 Å². The van der Waals surface area contributed by atoms with Crippen LogP contribution < -0.4 is 15.6 Å². The summed E-state index contributed by atoms with van der Waals surface area (Å²) >= 11 is 2.60. The molecule has 2 aromatic carbocycles. The Morgan fingerprint density at radius 2 is 1.64 bits per heavy atom. The van der Waals surface area contributed by atoms with Gasteiger partial charge in [0.2, 0.25) is 5.91 Å². The molecular weight excluding hydrogens is 534 g/mol. The van der Waals surface area contributed by atoms with Gasteiger partial charge in [-0.15, -0.1) is 22.7 Å². The molecule has 8 nitrogen and oxygen atoms in total. The molecule has 0 saturated heterocycles. The van der Waals surface area contributed by atoms with Crippen LogP contribution in [0, 0.1) is 0 Å². The zero-order valence-corrected chi connectivity index (χ0v) is 22.9. The van der Waals surface area contributed by atoms with Crippen molar-refractivity contribution in [3.63, 3.8) is 0 Å². The van der Waals surface area contributed by atoms with Crippen LogP contribution in [0.2, 0.25) is 0 Å². The number of thiophene rings is 2. The van der Waals surface area contributed by atoms with Crippen LogP contribution in [0.1, 0.15) is 24.2 Å². The molecule has 5 aromatic rings. The molecule has 198 valence electrons. The molecule has 0 aliphatic rings. The normalized spacial score (nSPS) is 10.9. The maximum atomic E-state index is 13.4. The Labute approximate surface area is 232 Å². The SMILES string of the molecule is CCOC(=O)c1c(-c2ccccc2)csc1NC(=O)Cn1cnc2scc(-c3ccc(OCC)cc3)c2c1=O. The van der Waals surface area contributed by atoms with Crippen molar-refractivity contribution in [3.05, 3.63) is 87.6 Å². The average molecular weight is 560 g/mol. The van der Waals surface area contributed by atoms with Gasteiger partial charge < -0.3 is 14.8 Å². The Balaban J connectivity index is 1.42. The molecule has 39 heavy (non-hydrogen) atoms. The molecule has 0 fully saturated rings. The number of carbonyl (C=O) groups excluding carboxylic acids is 2. The third-order valence-electron chi connectivity index (χ3n) is 5.96. The van der Waals surface area contributed by atoms with Gasteiger partial charge in [-0.25, -0.2) is 9.78 Å². The molecule has 0 spiro atoms. The van der Waals surface area contributed by atoms with E-state index >= 15 is 0 Å². The summed E-state index contributed by atoms with van der Waals surface area (Å²) in [6.45, 7) is 4.16. The van der Waals surface area contributed by atoms with Crippen molar-refractivity contribution in [2.75, 3.05) is 18.5 Å². The summed E-state index contributed by atoms with van der Waals surface area (Å²) < 4.78 is 12.1. The molecule has 0 bridgehead atoms. The molecule has 1 N–H and O–H groups in total. The van der Waals surface area contributed by atoms with Crippen molar-refractivity contribution in [3.8, 4) is 28.0 Å². The number of amides is 1. The lowest BCUT2D eigenvalue weighted by molar-refractivity contribution is -0.116. The minimum atomic E-state index is -0.522. The highest BCUT2D eigenvalue weighted by Gasteiger charge is 2.23. The maximum Gasteiger partial charge on any atom is 0.341 e. The van der Waals surface area contributed by atoms with Crippen LogP contribution in [-0.4, -0.2) is 34.6 Å². The Bertz CT molecular complexity index is 1690. The molecule has 10 heteroatoms. The van der Waals surface area contributed by atoms with Gasteiger partial charge in [0.15, 0.2) is 0 Å². The predicted octanol–water partition coefficient (Wildman–Crippen LogP) is 6.07. The molecule has 3 aromatic heterocycles. The maximum absolute atomic E-state index is 13.4. The first-order valence-electron chi connectivity index (χ1n) is 12.3. The average Bonchev–Trinajstić information content (AvgIpc) is 3.57. The number of ether oxygens (including phenoxy) is 2. The number of anilines is 1.